The van der Waals surface area contributed by atoms with E-state index >= 15 is 0 Å². The lowest BCUT2D eigenvalue weighted by atomic mass is 9.94. The molecule has 10 heteroatoms. The van der Waals surface area contributed by atoms with Crippen LogP contribution in [0.15, 0.2) is 42.9 Å². The highest BCUT2D eigenvalue weighted by molar-refractivity contribution is 6.30. The Balaban J connectivity index is 1.70. The SMILES string of the molecule is O=C(Nc1cnn(-c2ccnnc2)n1)C(CCCCl)Cc1ccc(Cl)c(F)c1. The van der Waals surface area contributed by atoms with E-state index in [0.717, 1.165) is 0 Å². The Hall–Kier alpha value is -2.58. The van der Waals surface area contributed by atoms with E-state index in [-0.39, 0.29) is 10.9 Å². The Labute approximate surface area is 170 Å². The van der Waals surface area contributed by atoms with E-state index in [1.165, 1.54) is 35.5 Å². The molecule has 0 saturated carbocycles. The Morgan fingerprint density at radius 3 is 2.82 bits per heavy atom. The zero-order valence-corrected chi connectivity index (χ0v) is 16.2. The fourth-order valence-corrected chi connectivity index (χ4v) is 2.95. The molecule has 3 rings (SSSR count). The summed E-state index contributed by atoms with van der Waals surface area (Å²) in [5, 5.41) is 18.6. The van der Waals surface area contributed by atoms with E-state index in [1.807, 2.05) is 0 Å². The topological polar surface area (TPSA) is 85.6 Å². The summed E-state index contributed by atoms with van der Waals surface area (Å²) in [5.41, 5.74) is 1.30. The van der Waals surface area contributed by atoms with Gasteiger partial charge in [0.05, 0.1) is 23.6 Å². The van der Waals surface area contributed by atoms with Crippen molar-refractivity contribution in [3.8, 4) is 5.69 Å². The average molecular weight is 423 g/mol. The number of benzene rings is 1. The molecule has 1 N–H and O–H groups in total. The first-order chi connectivity index (χ1) is 13.6. The zero-order valence-electron chi connectivity index (χ0n) is 14.7. The second-order valence-corrected chi connectivity index (χ2v) is 6.88. The van der Waals surface area contributed by atoms with Gasteiger partial charge < -0.3 is 5.32 Å². The average Bonchev–Trinajstić information content (AvgIpc) is 3.17. The number of carbonyl (C=O) groups is 1. The summed E-state index contributed by atoms with van der Waals surface area (Å²) in [5.74, 6) is -0.402. The largest absolute Gasteiger partial charge is 0.308 e. The first-order valence-electron chi connectivity index (χ1n) is 8.57. The molecule has 0 saturated heterocycles. The Morgan fingerprint density at radius 1 is 1.25 bits per heavy atom. The third kappa shape index (κ3) is 5.24. The van der Waals surface area contributed by atoms with E-state index in [4.69, 9.17) is 23.2 Å². The van der Waals surface area contributed by atoms with E-state index in [9.17, 15) is 9.18 Å². The number of amides is 1. The molecular weight excluding hydrogens is 406 g/mol. The second kappa shape index (κ2) is 9.57. The molecule has 0 bridgehead atoms. The van der Waals surface area contributed by atoms with Gasteiger partial charge in [0.25, 0.3) is 0 Å². The molecule has 146 valence electrons. The predicted molar refractivity (Wildman–Crippen MR) is 104 cm³/mol. The van der Waals surface area contributed by atoms with Crippen molar-refractivity contribution in [1.82, 2.24) is 25.2 Å². The summed E-state index contributed by atoms with van der Waals surface area (Å²) in [7, 11) is 0. The van der Waals surface area contributed by atoms with Crippen LogP contribution in [0.5, 0.6) is 0 Å². The van der Waals surface area contributed by atoms with Crippen LogP contribution in [0.1, 0.15) is 18.4 Å². The lowest BCUT2D eigenvalue weighted by molar-refractivity contribution is -0.120. The number of nitrogens with one attached hydrogen (secondary N) is 1. The van der Waals surface area contributed by atoms with Gasteiger partial charge in [0.2, 0.25) is 5.91 Å². The van der Waals surface area contributed by atoms with Crippen LogP contribution in [0.2, 0.25) is 5.02 Å². The predicted octanol–water partition coefficient (Wildman–Crippen LogP) is 3.67. The summed E-state index contributed by atoms with van der Waals surface area (Å²) in [4.78, 5) is 14.1. The van der Waals surface area contributed by atoms with Gasteiger partial charge in [-0.1, -0.05) is 17.7 Å². The van der Waals surface area contributed by atoms with Crippen molar-refractivity contribution in [3.05, 3.63) is 59.3 Å². The maximum absolute atomic E-state index is 13.7. The maximum atomic E-state index is 13.7. The molecule has 1 aromatic carbocycles. The lowest BCUT2D eigenvalue weighted by Gasteiger charge is -2.16. The molecule has 0 aliphatic carbocycles. The van der Waals surface area contributed by atoms with Crippen LogP contribution >= 0.6 is 23.2 Å². The molecule has 1 amide bonds. The van der Waals surface area contributed by atoms with Crippen molar-refractivity contribution < 1.29 is 9.18 Å². The van der Waals surface area contributed by atoms with Crippen LogP contribution in [-0.4, -0.2) is 37.0 Å². The van der Waals surface area contributed by atoms with Gasteiger partial charge in [-0.15, -0.1) is 21.5 Å². The van der Waals surface area contributed by atoms with Gasteiger partial charge in [-0.25, -0.2) is 4.39 Å². The van der Waals surface area contributed by atoms with Crippen LogP contribution in [0, 0.1) is 11.7 Å². The van der Waals surface area contributed by atoms with Crippen molar-refractivity contribution in [3.63, 3.8) is 0 Å². The second-order valence-electron chi connectivity index (χ2n) is 6.09. The van der Waals surface area contributed by atoms with Gasteiger partial charge in [0, 0.05) is 11.8 Å². The standard InChI is InChI=1S/C18H17Cl2FN6O/c19-6-1-2-13(8-12-3-4-15(20)16(21)9-12)18(28)25-17-11-24-27(26-17)14-5-7-22-23-10-14/h3-5,7,9-11,13H,1-2,6,8H2,(H,25,26,28). The molecule has 3 aromatic rings. The molecule has 0 radical (unpaired) electrons. The first kappa shape index (κ1) is 20.2. The highest BCUT2D eigenvalue weighted by atomic mass is 35.5. The molecule has 0 aliphatic rings. The summed E-state index contributed by atoms with van der Waals surface area (Å²) in [6, 6.07) is 6.23. The Kier molecular flexibility index (Phi) is 6.89. The van der Waals surface area contributed by atoms with Crippen molar-refractivity contribution in [1.29, 1.82) is 0 Å². The Morgan fingerprint density at radius 2 is 2.11 bits per heavy atom. The summed E-state index contributed by atoms with van der Waals surface area (Å²) in [6.07, 6.45) is 6.04. The number of aromatic nitrogens is 5. The van der Waals surface area contributed by atoms with Crippen molar-refractivity contribution in [2.45, 2.75) is 19.3 Å². The molecule has 1 unspecified atom stereocenters. The lowest BCUT2D eigenvalue weighted by Crippen LogP contribution is -2.25. The normalized spacial score (nSPS) is 12.0. The maximum Gasteiger partial charge on any atom is 0.229 e. The fourth-order valence-electron chi connectivity index (χ4n) is 2.68. The van der Waals surface area contributed by atoms with Gasteiger partial charge in [0.1, 0.15) is 11.5 Å². The highest BCUT2D eigenvalue weighted by Crippen LogP contribution is 2.21. The number of rotatable bonds is 8. The fraction of sp³-hybridized carbons (Fsp3) is 0.278. The monoisotopic (exact) mass is 422 g/mol. The first-order valence-corrected chi connectivity index (χ1v) is 9.48. The number of nitrogens with zero attached hydrogens (tertiary/aromatic N) is 5. The van der Waals surface area contributed by atoms with Crippen LogP contribution < -0.4 is 5.32 Å². The minimum atomic E-state index is -0.510. The summed E-state index contributed by atoms with van der Waals surface area (Å²) < 4.78 is 13.7. The number of alkyl halides is 1. The molecule has 0 spiro atoms. The molecule has 0 aliphatic heterocycles. The number of carbonyl (C=O) groups excluding carboxylic acids is 1. The van der Waals surface area contributed by atoms with Crippen LogP contribution in [0.3, 0.4) is 0 Å². The zero-order chi connectivity index (χ0) is 19.9. The minimum absolute atomic E-state index is 0.0488. The van der Waals surface area contributed by atoms with E-state index in [1.54, 1.807) is 12.1 Å². The van der Waals surface area contributed by atoms with E-state index in [2.05, 4.69) is 25.7 Å². The van der Waals surface area contributed by atoms with E-state index in [0.29, 0.717) is 42.2 Å². The van der Waals surface area contributed by atoms with Crippen molar-refractivity contribution >= 4 is 34.9 Å². The van der Waals surface area contributed by atoms with Gasteiger partial charge in [0.15, 0.2) is 5.82 Å². The van der Waals surface area contributed by atoms with Crippen LogP contribution in [0.25, 0.3) is 5.69 Å². The number of halogens is 3. The minimum Gasteiger partial charge on any atom is -0.308 e. The molecular formula is C18H17Cl2FN6O. The van der Waals surface area contributed by atoms with Crippen LogP contribution in [-0.2, 0) is 11.2 Å². The quantitative estimate of drug-likeness (QED) is 0.559. The molecule has 7 nitrogen and oxygen atoms in total. The van der Waals surface area contributed by atoms with Crippen molar-refractivity contribution in [2.24, 2.45) is 5.92 Å². The summed E-state index contributed by atoms with van der Waals surface area (Å²) >= 11 is 11.5. The van der Waals surface area contributed by atoms with Crippen molar-refractivity contribution in [2.75, 3.05) is 11.2 Å². The Bertz CT molecular complexity index is 937. The number of hydrogen-bond donors (Lipinski definition) is 1. The van der Waals surface area contributed by atoms with Crippen LogP contribution in [0.4, 0.5) is 10.2 Å². The third-order valence-corrected chi connectivity index (χ3v) is 4.64. The van der Waals surface area contributed by atoms with Gasteiger partial charge in [-0.2, -0.15) is 15.3 Å². The third-order valence-electron chi connectivity index (χ3n) is 4.07. The molecule has 28 heavy (non-hydrogen) atoms. The summed E-state index contributed by atoms with van der Waals surface area (Å²) in [6.45, 7) is 0. The van der Waals surface area contributed by atoms with E-state index < -0.39 is 11.7 Å². The number of anilines is 1. The molecule has 2 aromatic heterocycles. The molecule has 2 heterocycles. The van der Waals surface area contributed by atoms with Gasteiger partial charge in [-0.3, -0.25) is 4.79 Å². The number of hydrogen-bond acceptors (Lipinski definition) is 5. The van der Waals surface area contributed by atoms with Gasteiger partial charge in [-0.05, 0) is 43.0 Å². The van der Waals surface area contributed by atoms with Gasteiger partial charge >= 0.3 is 0 Å². The highest BCUT2D eigenvalue weighted by Gasteiger charge is 2.20. The smallest absolute Gasteiger partial charge is 0.229 e. The molecule has 0 fully saturated rings. The molecule has 1 atom stereocenters.